The Morgan fingerprint density at radius 3 is 2.73 bits per heavy atom. The first-order chi connectivity index (χ1) is 10.2. The van der Waals surface area contributed by atoms with Crippen LogP contribution in [-0.2, 0) is 21.5 Å². The summed E-state index contributed by atoms with van der Waals surface area (Å²) in [5.74, 6) is 0.133. The first-order valence-electron chi connectivity index (χ1n) is 7.75. The van der Waals surface area contributed by atoms with Crippen molar-refractivity contribution in [3.05, 3.63) is 17.5 Å². The van der Waals surface area contributed by atoms with Crippen molar-refractivity contribution in [3.8, 4) is 0 Å². The lowest BCUT2D eigenvalue weighted by molar-refractivity contribution is -0.134. The lowest BCUT2D eigenvalue weighted by Gasteiger charge is -2.24. The topological polar surface area (TPSA) is 61.5 Å². The Morgan fingerprint density at radius 1 is 1.55 bits per heavy atom. The first-order valence-corrected chi connectivity index (χ1v) is 7.75. The lowest BCUT2D eigenvalue weighted by atomic mass is 9.92. The normalized spacial score (nSPS) is 23.0. The zero-order chi connectivity index (χ0) is 16.5. The number of nitrogens with one attached hydrogen (secondary N) is 1. The van der Waals surface area contributed by atoms with Gasteiger partial charge in [-0.05, 0) is 19.5 Å². The Bertz CT molecular complexity index is 520. The van der Waals surface area contributed by atoms with Gasteiger partial charge in [-0.25, -0.2) is 0 Å². The van der Waals surface area contributed by atoms with Gasteiger partial charge in [-0.15, -0.1) is 0 Å². The molecule has 6 nitrogen and oxygen atoms in total. The number of aromatic nitrogens is 2. The second-order valence-corrected chi connectivity index (χ2v) is 7.27. The number of carbonyl (C=O) groups is 1. The highest BCUT2D eigenvalue weighted by Crippen LogP contribution is 2.22. The van der Waals surface area contributed by atoms with Crippen LogP contribution in [0.2, 0.25) is 0 Å². The number of hydrogen-bond donors (Lipinski definition) is 1. The molecule has 6 heteroatoms. The predicted molar refractivity (Wildman–Crippen MR) is 85.6 cm³/mol. The van der Waals surface area contributed by atoms with E-state index in [2.05, 4.69) is 35.9 Å². The van der Waals surface area contributed by atoms with E-state index in [-0.39, 0.29) is 23.5 Å². The Balaban J connectivity index is 1.98. The molecule has 1 fully saturated rings. The number of amides is 1. The van der Waals surface area contributed by atoms with E-state index < -0.39 is 0 Å². The molecule has 0 unspecified atom stereocenters. The van der Waals surface area contributed by atoms with Crippen LogP contribution in [0.1, 0.15) is 38.6 Å². The average Bonchev–Trinajstić information content (AvgIpc) is 3.04. The maximum Gasteiger partial charge on any atom is 0.240 e. The van der Waals surface area contributed by atoms with Crippen LogP contribution < -0.4 is 0 Å². The molecule has 0 saturated carbocycles. The SMILES string of the molecule is CO[C@H]1C[C@@H](C(=O)N(C)Cc2cc(C(C)(C)C)n[nH]2)N(C)C1. The average molecular weight is 308 g/mol. The number of likely N-dealkylation sites (tertiary alicyclic amines) is 1. The van der Waals surface area contributed by atoms with E-state index in [1.165, 1.54) is 0 Å². The molecule has 22 heavy (non-hydrogen) atoms. The number of aromatic amines is 1. The van der Waals surface area contributed by atoms with Crippen molar-refractivity contribution in [1.82, 2.24) is 20.0 Å². The minimum atomic E-state index is -0.0973. The van der Waals surface area contributed by atoms with E-state index in [4.69, 9.17) is 4.74 Å². The summed E-state index contributed by atoms with van der Waals surface area (Å²) in [6, 6.07) is 1.94. The second kappa shape index (κ2) is 6.38. The van der Waals surface area contributed by atoms with Gasteiger partial charge in [0.25, 0.3) is 0 Å². The molecule has 1 aromatic heterocycles. The summed E-state index contributed by atoms with van der Waals surface area (Å²) < 4.78 is 5.37. The number of methoxy groups -OCH3 is 1. The van der Waals surface area contributed by atoms with E-state index in [9.17, 15) is 4.79 Å². The predicted octanol–water partition coefficient (Wildman–Crippen LogP) is 1.38. The molecule has 2 rings (SSSR count). The van der Waals surface area contributed by atoms with Gasteiger partial charge < -0.3 is 9.64 Å². The number of likely N-dealkylation sites (N-methyl/N-ethyl adjacent to an activating group) is 2. The van der Waals surface area contributed by atoms with Crippen LogP contribution in [0.5, 0.6) is 0 Å². The van der Waals surface area contributed by atoms with Crippen molar-refractivity contribution in [1.29, 1.82) is 0 Å². The summed E-state index contributed by atoms with van der Waals surface area (Å²) in [7, 11) is 5.52. The quantitative estimate of drug-likeness (QED) is 0.913. The molecule has 0 aliphatic carbocycles. The molecule has 1 aliphatic rings. The van der Waals surface area contributed by atoms with Crippen molar-refractivity contribution in [2.24, 2.45) is 0 Å². The van der Waals surface area contributed by atoms with Crippen LogP contribution in [0.15, 0.2) is 6.07 Å². The summed E-state index contributed by atoms with van der Waals surface area (Å²) in [6.07, 6.45) is 0.902. The van der Waals surface area contributed by atoms with Crippen LogP contribution in [0.4, 0.5) is 0 Å². The molecule has 1 aliphatic heterocycles. The van der Waals surface area contributed by atoms with Crippen molar-refractivity contribution in [2.75, 3.05) is 27.7 Å². The van der Waals surface area contributed by atoms with E-state index in [0.717, 1.165) is 24.4 Å². The molecule has 1 saturated heterocycles. The third-order valence-electron chi connectivity index (χ3n) is 4.31. The van der Waals surface area contributed by atoms with Gasteiger partial charge >= 0.3 is 0 Å². The molecule has 1 N–H and O–H groups in total. The third-order valence-corrected chi connectivity index (χ3v) is 4.31. The molecule has 0 radical (unpaired) electrons. The lowest BCUT2D eigenvalue weighted by Crippen LogP contribution is -2.42. The summed E-state index contributed by atoms with van der Waals surface area (Å²) in [5.41, 5.74) is 1.99. The van der Waals surface area contributed by atoms with Gasteiger partial charge in [-0.3, -0.25) is 14.8 Å². The van der Waals surface area contributed by atoms with Crippen LogP contribution in [-0.4, -0.2) is 65.8 Å². The van der Waals surface area contributed by atoms with E-state index >= 15 is 0 Å². The molecule has 2 atom stereocenters. The third kappa shape index (κ3) is 3.67. The summed E-state index contributed by atoms with van der Waals surface area (Å²) >= 11 is 0. The largest absolute Gasteiger partial charge is 0.380 e. The summed E-state index contributed by atoms with van der Waals surface area (Å²) in [5, 5.41) is 7.38. The molecule has 0 bridgehead atoms. The minimum absolute atomic E-state index is 0.00862. The van der Waals surface area contributed by atoms with Gasteiger partial charge in [0.1, 0.15) is 0 Å². The molecule has 2 heterocycles. The first kappa shape index (κ1) is 17.0. The van der Waals surface area contributed by atoms with E-state index in [1.54, 1.807) is 12.0 Å². The van der Waals surface area contributed by atoms with Crippen molar-refractivity contribution >= 4 is 5.91 Å². The van der Waals surface area contributed by atoms with Crippen molar-refractivity contribution in [3.63, 3.8) is 0 Å². The van der Waals surface area contributed by atoms with Crippen LogP contribution >= 0.6 is 0 Å². The Hall–Kier alpha value is -1.40. The van der Waals surface area contributed by atoms with Crippen molar-refractivity contribution in [2.45, 2.75) is 51.3 Å². The molecule has 1 aromatic rings. The highest BCUT2D eigenvalue weighted by atomic mass is 16.5. The van der Waals surface area contributed by atoms with Gasteiger partial charge in [0.2, 0.25) is 5.91 Å². The number of rotatable bonds is 4. The van der Waals surface area contributed by atoms with Crippen LogP contribution in [0.3, 0.4) is 0 Å². The van der Waals surface area contributed by atoms with Gasteiger partial charge in [0.05, 0.1) is 30.1 Å². The highest BCUT2D eigenvalue weighted by molar-refractivity contribution is 5.82. The zero-order valence-electron chi connectivity index (χ0n) is 14.5. The Labute approximate surface area is 132 Å². The fourth-order valence-electron chi connectivity index (χ4n) is 2.83. The summed E-state index contributed by atoms with van der Waals surface area (Å²) in [6.45, 7) is 7.73. The maximum absolute atomic E-state index is 12.6. The van der Waals surface area contributed by atoms with E-state index in [0.29, 0.717) is 6.54 Å². The number of nitrogens with zero attached hydrogens (tertiary/aromatic N) is 3. The monoisotopic (exact) mass is 308 g/mol. The van der Waals surface area contributed by atoms with E-state index in [1.807, 2.05) is 20.2 Å². The molecular formula is C16H28N4O2. The Kier molecular flexibility index (Phi) is 4.92. The van der Waals surface area contributed by atoms with Crippen LogP contribution in [0, 0.1) is 0 Å². The van der Waals surface area contributed by atoms with Gasteiger partial charge in [-0.1, -0.05) is 20.8 Å². The second-order valence-electron chi connectivity index (χ2n) is 7.27. The summed E-state index contributed by atoms with van der Waals surface area (Å²) in [4.78, 5) is 16.5. The fraction of sp³-hybridized carbons (Fsp3) is 0.750. The minimum Gasteiger partial charge on any atom is -0.380 e. The Morgan fingerprint density at radius 2 is 2.23 bits per heavy atom. The molecule has 124 valence electrons. The number of hydrogen-bond acceptors (Lipinski definition) is 4. The maximum atomic E-state index is 12.6. The molecule has 0 aromatic carbocycles. The number of H-pyrrole nitrogens is 1. The molecular weight excluding hydrogens is 280 g/mol. The zero-order valence-corrected chi connectivity index (χ0v) is 14.5. The van der Waals surface area contributed by atoms with Crippen LogP contribution in [0.25, 0.3) is 0 Å². The fourth-order valence-corrected chi connectivity index (χ4v) is 2.83. The standard InChI is InChI=1S/C16H28N4O2/c1-16(2,3)14-7-11(17-18-14)9-20(5)15(21)13-8-12(22-6)10-19(13)4/h7,12-13H,8-10H2,1-6H3,(H,17,18)/t12-,13-/m0/s1. The number of ether oxygens (including phenoxy) is 1. The molecule has 1 amide bonds. The van der Waals surface area contributed by atoms with Gasteiger partial charge in [0, 0.05) is 26.1 Å². The van der Waals surface area contributed by atoms with Gasteiger partial charge in [-0.2, -0.15) is 5.10 Å². The molecule has 0 spiro atoms. The highest BCUT2D eigenvalue weighted by Gasteiger charge is 2.36. The smallest absolute Gasteiger partial charge is 0.240 e. The van der Waals surface area contributed by atoms with Crippen molar-refractivity contribution < 1.29 is 9.53 Å². The number of carbonyl (C=O) groups excluding carboxylic acids is 1. The van der Waals surface area contributed by atoms with Gasteiger partial charge in [0.15, 0.2) is 0 Å².